The van der Waals surface area contributed by atoms with Crippen LogP contribution in [0.5, 0.6) is 0 Å². The minimum atomic E-state index is -0.986. The van der Waals surface area contributed by atoms with E-state index >= 15 is 0 Å². The van der Waals surface area contributed by atoms with Gasteiger partial charge < -0.3 is 10.8 Å². The van der Waals surface area contributed by atoms with E-state index in [2.05, 4.69) is 4.98 Å². The summed E-state index contributed by atoms with van der Waals surface area (Å²) in [5.41, 5.74) is 6.08. The third kappa shape index (κ3) is 2.28. The quantitative estimate of drug-likeness (QED) is 0.716. The highest BCUT2D eigenvalue weighted by atomic mass is 32.1. The number of aromatic nitrogens is 1. The highest BCUT2D eigenvalue weighted by molar-refractivity contribution is 7.09. The molecule has 0 aliphatic rings. The average molecular weight is 186 g/mol. The fraction of sp³-hybridized carbons (Fsp3) is 0.429. The van der Waals surface area contributed by atoms with Gasteiger partial charge in [0.15, 0.2) is 0 Å². The van der Waals surface area contributed by atoms with E-state index in [-0.39, 0.29) is 0 Å². The van der Waals surface area contributed by atoms with Crippen LogP contribution in [0.4, 0.5) is 0 Å². The second-order valence-corrected chi connectivity index (χ2v) is 3.57. The number of hydrogen-bond acceptors (Lipinski definition) is 4. The fourth-order valence-electron chi connectivity index (χ4n) is 0.815. The molecule has 0 saturated heterocycles. The van der Waals surface area contributed by atoms with Crippen molar-refractivity contribution in [3.8, 4) is 0 Å². The maximum Gasteiger partial charge on any atom is 0.320 e. The van der Waals surface area contributed by atoms with Gasteiger partial charge in [-0.15, -0.1) is 11.3 Å². The normalized spacial score (nSPS) is 12.8. The summed E-state index contributed by atoms with van der Waals surface area (Å²) in [6, 6.07) is -0.841. The zero-order valence-corrected chi connectivity index (χ0v) is 7.47. The zero-order valence-electron chi connectivity index (χ0n) is 6.65. The number of nitrogens with two attached hydrogens (primary N) is 1. The van der Waals surface area contributed by atoms with E-state index in [1.807, 2.05) is 12.3 Å². The van der Waals surface area contributed by atoms with Gasteiger partial charge in [-0.1, -0.05) is 0 Å². The Morgan fingerprint density at radius 2 is 2.58 bits per heavy atom. The standard InChI is InChI=1S/C7H10N2O2S/c1-4-9-5(3-12-4)2-6(8)7(10)11/h3,6H,2,8H2,1H3,(H,10,11). The van der Waals surface area contributed by atoms with Gasteiger partial charge in [0.25, 0.3) is 0 Å². The molecule has 0 spiro atoms. The molecule has 0 bridgehead atoms. The molecule has 0 radical (unpaired) electrons. The Kier molecular flexibility index (Phi) is 2.78. The Balaban J connectivity index is 2.58. The molecule has 0 fully saturated rings. The predicted molar refractivity (Wildman–Crippen MR) is 46.2 cm³/mol. The van der Waals surface area contributed by atoms with E-state index in [1.54, 1.807) is 0 Å². The zero-order chi connectivity index (χ0) is 9.14. The largest absolute Gasteiger partial charge is 0.480 e. The van der Waals surface area contributed by atoms with Crippen LogP contribution in [0.25, 0.3) is 0 Å². The summed E-state index contributed by atoms with van der Waals surface area (Å²) in [6.07, 6.45) is 0.305. The van der Waals surface area contributed by atoms with Gasteiger partial charge in [0.05, 0.1) is 10.7 Å². The van der Waals surface area contributed by atoms with Crippen LogP contribution >= 0.6 is 11.3 Å². The van der Waals surface area contributed by atoms with Crippen LogP contribution < -0.4 is 5.73 Å². The van der Waals surface area contributed by atoms with Crippen molar-refractivity contribution in [1.82, 2.24) is 4.98 Å². The minimum Gasteiger partial charge on any atom is -0.480 e. The molecule has 4 nitrogen and oxygen atoms in total. The molecule has 5 heteroatoms. The lowest BCUT2D eigenvalue weighted by Gasteiger charge is -2.01. The van der Waals surface area contributed by atoms with Gasteiger partial charge in [0.2, 0.25) is 0 Å². The van der Waals surface area contributed by atoms with Crippen molar-refractivity contribution < 1.29 is 9.90 Å². The molecule has 12 heavy (non-hydrogen) atoms. The predicted octanol–water partition coefficient (Wildman–Crippen LogP) is 0.406. The maximum atomic E-state index is 10.4. The topological polar surface area (TPSA) is 76.2 Å². The first-order chi connectivity index (χ1) is 5.59. The minimum absolute atomic E-state index is 0.305. The molecule has 0 aliphatic heterocycles. The summed E-state index contributed by atoms with van der Waals surface area (Å²) in [4.78, 5) is 14.5. The van der Waals surface area contributed by atoms with Crippen molar-refractivity contribution in [2.45, 2.75) is 19.4 Å². The molecule has 1 heterocycles. The molecule has 0 amide bonds. The van der Waals surface area contributed by atoms with E-state index in [0.717, 1.165) is 10.7 Å². The summed E-state index contributed by atoms with van der Waals surface area (Å²) in [5, 5.41) is 11.3. The van der Waals surface area contributed by atoms with Crippen molar-refractivity contribution >= 4 is 17.3 Å². The number of aliphatic carboxylic acids is 1. The monoisotopic (exact) mass is 186 g/mol. The second-order valence-electron chi connectivity index (χ2n) is 2.51. The maximum absolute atomic E-state index is 10.4. The third-order valence-electron chi connectivity index (χ3n) is 1.41. The van der Waals surface area contributed by atoms with Crippen molar-refractivity contribution in [2.24, 2.45) is 5.73 Å². The van der Waals surface area contributed by atoms with Gasteiger partial charge in [-0.25, -0.2) is 4.98 Å². The van der Waals surface area contributed by atoms with Crippen LogP contribution in [0.2, 0.25) is 0 Å². The molecule has 0 aliphatic carbocycles. The smallest absolute Gasteiger partial charge is 0.320 e. The van der Waals surface area contributed by atoms with Crippen molar-refractivity contribution in [1.29, 1.82) is 0 Å². The number of nitrogens with zero attached hydrogens (tertiary/aromatic N) is 1. The Morgan fingerprint density at radius 1 is 1.92 bits per heavy atom. The Hall–Kier alpha value is -0.940. The lowest BCUT2D eigenvalue weighted by Crippen LogP contribution is -2.32. The Bertz CT molecular complexity index is 285. The molecule has 1 atom stereocenters. The van der Waals surface area contributed by atoms with Gasteiger partial charge >= 0.3 is 5.97 Å². The summed E-state index contributed by atoms with van der Waals surface area (Å²) in [7, 11) is 0. The molecule has 0 aromatic carbocycles. The molecular formula is C7H10N2O2S. The summed E-state index contributed by atoms with van der Waals surface area (Å²) in [5.74, 6) is -0.986. The van der Waals surface area contributed by atoms with E-state index < -0.39 is 12.0 Å². The molecule has 3 N–H and O–H groups in total. The SMILES string of the molecule is Cc1nc(CC(N)C(=O)O)cs1. The number of thiazole rings is 1. The summed E-state index contributed by atoms with van der Waals surface area (Å²) in [6.45, 7) is 1.88. The van der Waals surface area contributed by atoms with Gasteiger partial charge in [-0.3, -0.25) is 4.79 Å². The fourth-order valence-corrected chi connectivity index (χ4v) is 1.44. The molecule has 1 aromatic rings. The van der Waals surface area contributed by atoms with Crippen molar-refractivity contribution in [3.05, 3.63) is 16.1 Å². The van der Waals surface area contributed by atoms with E-state index in [1.165, 1.54) is 11.3 Å². The van der Waals surface area contributed by atoms with Gasteiger partial charge in [-0.2, -0.15) is 0 Å². The van der Waals surface area contributed by atoms with Crippen molar-refractivity contribution in [3.63, 3.8) is 0 Å². The van der Waals surface area contributed by atoms with Crippen LogP contribution in [-0.4, -0.2) is 22.1 Å². The lowest BCUT2D eigenvalue weighted by atomic mass is 10.2. The highest BCUT2D eigenvalue weighted by Crippen LogP contribution is 2.09. The first-order valence-electron chi connectivity index (χ1n) is 3.49. The Labute approximate surface area is 74.0 Å². The van der Waals surface area contributed by atoms with E-state index in [0.29, 0.717) is 6.42 Å². The van der Waals surface area contributed by atoms with E-state index in [9.17, 15) is 4.79 Å². The van der Waals surface area contributed by atoms with Gasteiger partial charge in [0, 0.05) is 11.8 Å². The molecule has 1 unspecified atom stereocenters. The Morgan fingerprint density at radius 3 is 3.00 bits per heavy atom. The second kappa shape index (κ2) is 3.64. The van der Waals surface area contributed by atoms with Crippen molar-refractivity contribution in [2.75, 3.05) is 0 Å². The van der Waals surface area contributed by atoms with Crippen LogP contribution in [0, 0.1) is 6.92 Å². The number of aryl methyl sites for hydroxylation is 1. The van der Waals surface area contributed by atoms with Crippen LogP contribution in [0.3, 0.4) is 0 Å². The van der Waals surface area contributed by atoms with E-state index in [4.69, 9.17) is 10.8 Å². The number of hydrogen-bond donors (Lipinski definition) is 2. The van der Waals surface area contributed by atoms with Gasteiger partial charge in [0.1, 0.15) is 6.04 Å². The first-order valence-corrected chi connectivity index (χ1v) is 4.37. The average Bonchev–Trinajstić information content (AvgIpc) is 2.35. The summed E-state index contributed by atoms with van der Waals surface area (Å²) >= 11 is 1.50. The molecular weight excluding hydrogens is 176 g/mol. The lowest BCUT2D eigenvalue weighted by molar-refractivity contribution is -0.138. The van der Waals surface area contributed by atoms with Crippen LogP contribution in [0.15, 0.2) is 5.38 Å². The number of carbonyl (C=O) groups is 1. The summed E-state index contributed by atoms with van der Waals surface area (Å²) < 4.78 is 0. The third-order valence-corrected chi connectivity index (χ3v) is 2.24. The molecule has 66 valence electrons. The van der Waals surface area contributed by atoms with Crippen LogP contribution in [0.1, 0.15) is 10.7 Å². The highest BCUT2D eigenvalue weighted by Gasteiger charge is 2.13. The number of carboxylic acid groups (broad SMARTS) is 1. The number of carboxylic acids is 1. The molecule has 0 saturated carbocycles. The molecule has 1 aromatic heterocycles. The van der Waals surface area contributed by atoms with Crippen LogP contribution in [-0.2, 0) is 11.2 Å². The number of rotatable bonds is 3. The molecule has 1 rings (SSSR count). The van der Waals surface area contributed by atoms with Gasteiger partial charge in [-0.05, 0) is 6.92 Å². The first kappa shape index (κ1) is 9.15.